The molecule has 0 fully saturated rings. The minimum absolute atomic E-state index is 0.534. The predicted octanol–water partition coefficient (Wildman–Crippen LogP) is 5.24. The van der Waals surface area contributed by atoms with Crippen molar-refractivity contribution in [2.24, 2.45) is 0 Å². The van der Waals surface area contributed by atoms with Gasteiger partial charge in [0.25, 0.3) is 0 Å². The molecule has 0 amide bonds. The number of benzene rings is 2. The third-order valence-corrected chi connectivity index (χ3v) is 3.44. The molecule has 2 aromatic rings. The number of alkyl halides is 1. The molecule has 0 spiro atoms. The van der Waals surface area contributed by atoms with Gasteiger partial charge in [-0.25, -0.2) is 0 Å². The van der Waals surface area contributed by atoms with Crippen LogP contribution in [0.25, 0.3) is 0 Å². The molecule has 0 aliphatic heterocycles. The number of rotatable bonds is 3. The molecule has 2 rings (SSSR count). The summed E-state index contributed by atoms with van der Waals surface area (Å²) in [5, 5.41) is 3.38. The molecule has 3 heteroatoms. The number of hydrogen-bond acceptors (Lipinski definition) is 1. The predicted molar refractivity (Wildman–Crippen MR) is 78.2 cm³/mol. The van der Waals surface area contributed by atoms with E-state index in [1.165, 1.54) is 5.56 Å². The Morgan fingerprint density at radius 1 is 1.18 bits per heavy atom. The van der Waals surface area contributed by atoms with Crippen molar-refractivity contribution in [2.45, 2.75) is 12.8 Å². The van der Waals surface area contributed by atoms with Gasteiger partial charge in [-0.15, -0.1) is 11.6 Å². The van der Waals surface area contributed by atoms with Gasteiger partial charge in [-0.05, 0) is 58.2 Å². The summed E-state index contributed by atoms with van der Waals surface area (Å²) in [7, 11) is 0. The first-order valence-electron chi connectivity index (χ1n) is 5.37. The molecule has 0 atom stereocenters. The monoisotopic (exact) mass is 309 g/mol. The highest BCUT2D eigenvalue weighted by Gasteiger charge is 2.01. The van der Waals surface area contributed by atoms with Gasteiger partial charge in [0.1, 0.15) is 0 Å². The minimum Gasteiger partial charge on any atom is -0.355 e. The zero-order valence-electron chi connectivity index (χ0n) is 9.50. The number of aryl methyl sites for hydroxylation is 1. The van der Waals surface area contributed by atoms with E-state index in [1.807, 2.05) is 24.3 Å². The average Bonchev–Trinajstić information content (AvgIpc) is 2.31. The van der Waals surface area contributed by atoms with Crippen molar-refractivity contribution in [1.29, 1.82) is 0 Å². The van der Waals surface area contributed by atoms with E-state index >= 15 is 0 Å². The van der Waals surface area contributed by atoms with E-state index in [4.69, 9.17) is 11.6 Å². The molecule has 2 aromatic carbocycles. The number of para-hydroxylation sites is 1. The summed E-state index contributed by atoms with van der Waals surface area (Å²) in [5.41, 5.74) is 4.45. The first-order valence-corrected chi connectivity index (χ1v) is 6.70. The Bertz CT molecular complexity index is 525. The van der Waals surface area contributed by atoms with Crippen LogP contribution in [0.3, 0.4) is 0 Å². The molecular formula is C14H13BrClN. The third kappa shape index (κ3) is 3.24. The first kappa shape index (κ1) is 12.5. The Morgan fingerprint density at radius 2 is 1.94 bits per heavy atom. The van der Waals surface area contributed by atoms with Crippen LogP contribution in [-0.4, -0.2) is 0 Å². The normalized spacial score (nSPS) is 10.3. The summed E-state index contributed by atoms with van der Waals surface area (Å²) in [5.74, 6) is 0.534. The van der Waals surface area contributed by atoms with Crippen molar-refractivity contribution >= 4 is 38.9 Å². The average molecular weight is 311 g/mol. The zero-order chi connectivity index (χ0) is 12.3. The summed E-state index contributed by atoms with van der Waals surface area (Å²) in [4.78, 5) is 0. The fraction of sp³-hybridized carbons (Fsp3) is 0.143. The molecule has 0 saturated carbocycles. The zero-order valence-corrected chi connectivity index (χ0v) is 11.8. The van der Waals surface area contributed by atoms with Gasteiger partial charge in [-0.2, -0.15) is 0 Å². The van der Waals surface area contributed by atoms with Crippen molar-refractivity contribution in [3.05, 3.63) is 58.1 Å². The molecular weight excluding hydrogens is 298 g/mol. The van der Waals surface area contributed by atoms with Gasteiger partial charge in [0.15, 0.2) is 0 Å². The quantitative estimate of drug-likeness (QED) is 0.764. The highest BCUT2D eigenvalue weighted by Crippen LogP contribution is 2.26. The molecule has 0 saturated heterocycles. The third-order valence-electron chi connectivity index (χ3n) is 2.44. The van der Waals surface area contributed by atoms with Gasteiger partial charge in [0.05, 0.1) is 5.69 Å². The summed E-state index contributed by atoms with van der Waals surface area (Å²) in [6.45, 7) is 2.07. The molecule has 88 valence electrons. The number of anilines is 2. The Kier molecular flexibility index (Phi) is 4.08. The van der Waals surface area contributed by atoms with Crippen LogP contribution >= 0.6 is 27.5 Å². The molecule has 17 heavy (non-hydrogen) atoms. The van der Waals surface area contributed by atoms with Gasteiger partial charge in [0, 0.05) is 16.0 Å². The molecule has 0 aliphatic rings. The smallest absolute Gasteiger partial charge is 0.0528 e. The van der Waals surface area contributed by atoms with Gasteiger partial charge < -0.3 is 5.32 Å². The van der Waals surface area contributed by atoms with Crippen molar-refractivity contribution in [3.8, 4) is 0 Å². The fourth-order valence-electron chi connectivity index (χ4n) is 1.73. The van der Waals surface area contributed by atoms with E-state index < -0.39 is 0 Å². The maximum atomic E-state index is 5.87. The molecule has 0 bridgehead atoms. The lowest BCUT2D eigenvalue weighted by molar-refractivity contribution is 1.34. The topological polar surface area (TPSA) is 12.0 Å². The number of nitrogens with one attached hydrogen (secondary N) is 1. The molecule has 0 radical (unpaired) electrons. The molecule has 0 heterocycles. The van der Waals surface area contributed by atoms with Crippen molar-refractivity contribution < 1.29 is 0 Å². The Labute approximate surface area is 115 Å². The largest absolute Gasteiger partial charge is 0.355 e. The van der Waals surface area contributed by atoms with E-state index in [-0.39, 0.29) is 0 Å². The van der Waals surface area contributed by atoms with Crippen LogP contribution in [0.5, 0.6) is 0 Å². The standard InChI is InChI=1S/C14H13BrClN/c1-10-6-11(9-16)8-12(7-10)17-14-5-3-2-4-13(14)15/h2-8,17H,9H2,1H3. The van der Waals surface area contributed by atoms with Crippen LogP contribution in [0, 0.1) is 6.92 Å². The second-order valence-corrected chi connectivity index (χ2v) is 5.07. The minimum atomic E-state index is 0.534. The molecule has 0 aliphatic carbocycles. The van der Waals surface area contributed by atoms with E-state index in [2.05, 4.69) is 46.4 Å². The van der Waals surface area contributed by atoms with E-state index in [0.717, 1.165) is 21.4 Å². The van der Waals surface area contributed by atoms with Crippen LogP contribution in [0.2, 0.25) is 0 Å². The lowest BCUT2D eigenvalue weighted by Gasteiger charge is -2.10. The molecule has 1 nitrogen and oxygen atoms in total. The maximum absolute atomic E-state index is 5.87. The molecule has 0 aromatic heterocycles. The summed E-state index contributed by atoms with van der Waals surface area (Å²) >= 11 is 9.39. The Hall–Kier alpha value is -0.990. The lowest BCUT2D eigenvalue weighted by Crippen LogP contribution is -1.93. The van der Waals surface area contributed by atoms with Gasteiger partial charge in [0.2, 0.25) is 0 Å². The van der Waals surface area contributed by atoms with Crippen LogP contribution in [0.1, 0.15) is 11.1 Å². The Morgan fingerprint density at radius 3 is 2.65 bits per heavy atom. The Balaban J connectivity index is 2.30. The van der Waals surface area contributed by atoms with E-state index in [0.29, 0.717) is 5.88 Å². The van der Waals surface area contributed by atoms with Crippen molar-refractivity contribution in [3.63, 3.8) is 0 Å². The van der Waals surface area contributed by atoms with Gasteiger partial charge >= 0.3 is 0 Å². The number of hydrogen-bond donors (Lipinski definition) is 1. The highest BCUT2D eigenvalue weighted by atomic mass is 79.9. The van der Waals surface area contributed by atoms with Crippen LogP contribution < -0.4 is 5.32 Å². The molecule has 0 unspecified atom stereocenters. The van der Waals surface area contributed by atoms with Crippen molar-refractivity contribution in [2.75, 3.05) is 5.32 Å². The van der Waals surface area contributed by atoms with Crippen molar-refractivity contribution in [1.82, 2.24) is 0 Å². The summed E-state index contributed by atoms with van der Waals surface area (Å²) < 4.78 is 1.05. The van der Waals surface area contributed by atoms with E-state index in [9.17, 15) is 0 Å². The van der Waals surface area contributed by atoms with Crippen LogP contribution in [0.4, 0.5) is 11.4 Å². The summed E-state index contributed by atoms with van der Waals surface area (Å²) in [6, 6.07) is 14.3. The summed E-state index contributed by atoms with van der Waals surface area (Å²) in [6.07, 6.45) is 0. The van der Waals surface area contributed by atoms with Gasteiger partial charge in [-0.1, -0.05) is 18.2 Å². The number of halogens is 2. The first-order chi connectivity index (χ1) is 8.19. The second-order valence-electron chi connectivity index (χ2n) is 3.95. The van der Waals surface area contributed by atoms with Gasteiger partial charge in [-0.3, -0.25) is 0 Å². The molecule has 1 N–H and O–H groups in total. The SMILES string of the molecule is Cc1cc(CCl)cc(Nc2ccccc2Br)c1. The van der Waals surface area contributed by atoms with Crippen LogP contribution in [-0.2, 0) is 5.88 Å². The highest BCUT2D eigenvalue weighted by molar-refractivity contribution is 9.10. The van der Waals surface area contributed by atoms with E-state index in [1.54, 1.807) is 0 Å². The lowest BCUT2D eigenvalue weighted by atomic mass is 10.1. The van der Waals surface area contributed by atoms with Crippen LogP contribution in [0.15, 0.2) is 46.9 Å². The maximum Gasteiger partial charge on any atom is 0.0528 e. The second kappa shape index (κ2) is 5.56. The fourth-order valence-corrected chi connectivity index (χ4v) is 2.27.